The van der Waals surface area contributed by atoms with Gasteiger partial charge in [0.05, 0.1) is 0 Å². The maximum Gasteiger partial charge on any atom is 0.0169 e. The fourth-order valence-electron chi connectivity index (χ4n) is 3.38. The van der Waals surface area contributed by atoms with Gasteiger partial charge in [0.1, 0.15) is 0 Å². The molecular formula is C21H30. The summed E-state index contributed by atoms with van der Waals surface area (Å²) in [7, 11) is 0. The molecule has 1 atom stereocenters. The summed E-state index contributed by atoms with van der Waals surface area (Å²) >= 11 is 0. The summed E-state index contributed by atoms with van der Waals surface area (Å²) in [6, 6.07) is 11.1. The van der Waals surface area contributed by atoms with E-state index in [1.165, 1.54) is 56.9 Å². The van der Waals surface area contributed by atoms with E-state index in [4.69, 9.17) is 0 Å². The van der Waals surface area contributed by atoms with Gasteiger partial charge < -0.3 is 0 Å². The molecular weight excluding hydrogens is 252 g/mol. The van der Waals surface area contributed by atoms with Crippen molar-refractivity contribution in [3.8, 4) is 0 Å². The molecule has 0 fully saturated rings. The highest BCUT2D eigenvalue weighted by atomic mass is 14.3. The van der Waals surface area contributed by atoms with Crippen molar-refractivity contribution in [3.63, 3.8) is 0 Å². The molecule has 0 saturated heterocycles. The Labute approximate surface area is 131 Å². The van der Waals surface area contributed by atoms with Gasteiger partial charge in [-0.25, -0.2) is 0 Å². The van der Waals surface area contributed by atoms with E-state index in [2.05, 4.69) is 61.6 Å². The van der Waals surface area contributed by atoms with Gasteiger partial charge in [-0.3, -0.25) is 0 Å². The molecule has 0 aliphatic heterocycles. The molecule has 1 aliphatic carbocycles. The van der Waals surface area contributed by atoms with Crippen LogP contribution < -0.4 is 0 Å². The van der Waals surface area contributed by atoms with E-state index in [-0.39, 0.29) is 5.41 Å². The van der Waals surface area contributed by atoms with Gasteiger partial charge in [-0.1, -0.05) is 107 Å². The third kappa shape index (κ3) is 4.88. The van der Waals surface area contributed by atoms with E-state index in [9.17, 15) is 0 Å². The minimum atomic E-state index is 0.249. The Kier molecular flexibility index (Phi) is 6.79. The lowest BCUT2D eigenvalue weighted by atomic mass is 9.72. The van der Waals surface area contributed by atoms with Crippen molar-refractivity contribution in [3.05, 3.63) is 60.2 Å². The lowest BCUT2D eigenvalue weighted by Gasteiger charge is -2.32. The Bertz CT molecular complexity index is 440. The van der Waals surface area contributed by atoms with Gasteiger partial charge in [-0.2, -0.15) is 0 Å². The normalized spacial score (nSPS) is 20.8. The largest absolute Gasteiger partial charge is 0.0833 e. The van der Waals surface area contributed by atoms with Gasteiger partial charge in [-0.05, 0) is 18.4 Å². The van der Waals surface area contributed by atoms with Crippen molar-refractivity contribution < 1.29 is 0 Å². The molecule has 0 saturated carbocycles. The first-order valence-electron chi connectivity index (χ1n) is 8.77. The molecule has 0 N–H and O–H groups in total. The fourth-order valence-corrected chi connectivity index (χ4v) is 3.38. The molecule has 1 aromatic carbocycles. The van der Waals surface area contributed by atoms with Crippen LogP contribution >= 0.6 is 0 Å². The number of allylic oxidation sites excluding steroid dienone is 4. The first-order chi connectivity index (χ1) is 10.4. The van der Waals surface area contributed by atoms with E-state index in [0.717, 1.165) is 6.42 Å². The molecule has 0 heteroatoms. The molecule has 1 unspecified atom stereocenters. The Balaban J connectivity index is 1.84. The molecule has 0 heterocycles. The van der Waals surface area contributed by atoms with Crippen LogP contribution in [0.2, 0.25) is 0 Å². The number of rotatable bonds is 9. The molecule has 0 amide bonds. The third-order valence-electron chi connectivity index (χ3n) is 4.72. The number of unbranched alkanes of at least 4 members (excludes halogenated alkanes) is 6. The van der Waals surface area contributed by atoms with Crippen LogP contribution in [0.1, 0.15) is 70.3 Å². The summed E-state index contributed by atoms with van der Waals surface area (Å²) in [5.74, 6) is 0. The predicted octanol–water partition coefficient (Wildman–Crippen LogP) is 6.58. The van der Waals surface area contributed by atoms with E-state index >= 15 is 0 Å². The molecule has 0 aromatic heterocycles. The minimum Gasteiger partial charge on any atom is -0.0833 e. The topological polar surface area (TPSA) is 0 Å². The Morgan fingerprint density at radius 1 is 0.857 bits per heavy atom. The van der Waals surface area contributed by atoms with Crippen LogP contribution in [-0.2, 0) is 5.41 Å². The van der Waals surface area contributed by atoms with Crippen molar-refractivity contribution in [2.75, 3.05) is 0 Å². The zero-order chi connectivity index (χ0) is 14.8. The van der Waals surface area contributed by atoms with E-state index in [1.807, 2.05) is 0 Å². The van der Waals surface area contributed by atoms with Crippen LogP contribution in [-0.4, -0.2) is 0 Å². The number of benzene rings is 1. The summed E-state index contributed by atoms with van der Waals surface area (Å²) in [6.07, 6.45) is 21.3. The van der Waals surface area contributed by atoms with Crippen molar-refractivity contribution in [2.45, 2.75) is 70.1 Å². The first kappa shape index (κ1) is 16.1. The molecule has 0 nitrogen and oxygen atoms in total. The summed E-state index contributed by atoms with van der Waals surface area (Å²) in [5.41, 5.74) is 1.73. The molecule has 0 bridgehead atoms. The second-order valence-corrected chi connectivity index (χ2v) is 6.38. The van der Waals surface area contributed by atoms with Crippen molar-refractivity contribution in [1.29, 1.82) is 0 Å². The zero-order valence-corrected chi connectivity index (χ0v) is 13.6. The van der Waals surface area contributed by atoms with Crippen molar-refractivity contribution in [2.24, 2.45) is 0 Å². The highest BCUT2D eigenvalue weighted by Gasteiger charge is 2.28. The monoisotopic (exact) mass is 282 g/mol. The van der Waals surface area contributed by atoms with Crippen LogP contribution in [0.15, 0.2) is 54.6 Å². The predicted molar refractivity (Wildman–Crippen MR) is 93.6 cm³/mol. The van der Waals surface area contributed by atoms with Crippen LogP contribution in [0.25, 0.3) is 0 Å². The second-order valence-electron chi connectivity index (χ2n) is 6.38. The summed E-state index contributed by atoms with van der Waals surface area (Å²) < 4.78 is 0. The van der Waals surface area contributed by atoms with E-state index in [1.54, 1.807) is 0 Å². The molecule has 1 aromatic rings. The molecule has 2 rings (SSSR count). The Morgan fingerprint density at radius 3 is 2.24 bits per heavy atom. The van der Waals surface area contributed by atoms with Gasteiger partial charge in [0.15, 0.2) is 0 Å². The van der Waals surface area contributed by atoms with E-state index < -0.39 is 0 Å². The summed E-state index contributed by atoms with van der Waals surface area (Å²) in [5, 5.41) is 0. The van der Waals surface area contributed by atoms with Gasteiger partial charge >= 0.3 is 0 Å². The SMILES string of the molecule is CCCCCCCCCC1(c2ccccc2)C=CC=CC1. The van der Waals surface area contributed by atoms with Crippen LogP contribution in [0.5, 0.6) is 0 Å². The van der Waals surface area contributed by atoms with Gasteiger partial charge in [0.2, 0.25) is 0 Å². The van der Waals surface area contributed by atoms with Gasteiger partial charge in [0, 0.05) is 5.41 Å². The minimum absolute atomic E-state index is 0.249. The lowest BCUT2D eigenvalue weighted by molar-refractivity contribution is 0.452. The number of hydrogen-bond donors (Lipinski definition) is 0. The highest BCUT2D eigenvalue weighted by Crippen LogP contribution is 2.37. The average Bonchev–Trinajstić information content (AvgIpc) is 2.56. The quantitative estimate of drug-likeness (QED) is 0.449. The van der Waals surface area contributed by atoms with Gasteiger partial charge in [0.25, 0.3) is 0 Å². The molecule has 0 radical (unpaired) electrons. The molecule has 114 valence electrons. The molecule has 1 aliphatic rings. The lowest BCUT2D eigenvalue weighted by Crippen LogP contribution is -2.24. The Hall–Kier alpha value is -1.30. The zero-order valence-electron chi connectivity index (χ0n) is 13.6. The van der Waals surface area contributed by atoms with Crippen LogP contribution in [0.3, 0.4) is 0 Å². The van der Waals surface area contributed by atoms with Gasteiger partial charge in [-0.15, -0.1) is 0 Å². The highest BCUT2D eigenvalue weighted by molar-refractivity contribution is 5.35. The Morgan fingerprint density at radius 2 is 1.57 bits per heavy atom. The first-order valence-corrected chi connectivity index (χ1v) is 8.77. The molecule has 21 heavy (non-hydrogen) atoms. The second kappa shape index (κ2) is 8.87. The average molecular weight is 282 g/mol. The smallest absolute Gasteiger partial charge is 0.0169 e. The third-order valence-corrected chi connectivity index (χ3v) is 4.72. The summed E-state index contributed by atoms with van der Waals surface area (Å²) in [6.45, 7) is 2.28. The molecule has 0 spiro atoms. The van der Waals surface area contributed by atoms with E-state index in [0.29, 0.717) is 0 Å². The van der Waals surface area contributed by atoms with Crippen LogP contribution in [0, 0.1) is 0 Å². The van der Waals surface area contributed by atoms with Crippen molar-refractivity contribution in [1.82, 2.24) is 0 Å². The van der Waals surface area contributed by atoms with Crippen LogP contribution in [0.4, 0.5) is 0 Å². The maximum absolute atomic E-state index is 2.43. The fraction of sp³-hybridized carbons (Fsp3) is 0.524. The van der Waals surface area contributed by atoms with Crippen molar-refractivity contribution >= 4 is 0 Å². The summed E-state index contributed by atoms with van der Waals surface area (Å²) in [4.78, 5) is 0. The number of hydrogen-bond acceptors (Lipinski definition) is 0. The maximum atomic E-state index is 2.43. The standard InChI is InChI=1S/C21H30/c1-2-3-4-5-6-7-12-17-21(18-13-9-14-19-21)20-15-10-8-11-16-20/h8-11,13-16,18H,2-7,12,17,19H2,1H3.